The number of benzene rings is 1. The number of fused-ring (bicyclic) bond motifs is 1. The summed E-state index contributed by atoms with van der Waals surface area (Å²) in [5.74, 6) is 0.107. The zero-order valence-electron chi connectivity index (χ0n) is 9.72. The van der Waals surface area contributed by atoms with Gasteiger partial charge in [0.05, 0.1) is 5.92 Å². The number of hydrogen-bond donors (Lipinski definition) is 1. The maximum Gasteiger partial charge on any atom is 0.232 e. The van der Waals surface area contributed by atoms with E-state index in [1.54, 1.807) is 0 Å². The molecule has 0 aromatic heterocycles. The number of rotatable bonds is 0. The normalized spacial score (nSPS) is 20.0. The Labute approximate surface area is 90.7 Å². The molecule has 1 aromatic carbocycles. The Balaban J connectivity index is 2.53. The van der Waals surface area contributed by atoms with Crippen LogP contribution < -0.4 is 5.32 Å². The van der Waals surface area contributed by atoms with Crippen molar-refractivity contribution >= 4 is 11.6 Å². The van der Waals surface area contributed by atoms with Gasteiger partial charge < -0.3 is 5.32 Å². The third kappa shape index (κ3) is 1.65. The Bertz CT molecular complexity index is 415. The predicted octanol–water partition coefficient (Wildman–Crippen LogP) is 3.08. The van der Waals surface area contributed by atoms with Gasteiger partial charge in [-0.15, -0.1) is 0 Å². The second kappa shape index (κ2) is 3.09. The molecule has 1 aromatic rings. The lowest BCUT2D eigenvalue weighted by atomic mass is 9.77. The molecule has 2 heteroatoms. The zero-order chi connectivity index (χ0) is 11.2. The van der Waals surface area contributed by atoms with Gasteiger partial charge in [0.1, 0.15) is 0 Å². The van der Waals surface area contributed by atoms with Crippen LogP contribution >= 0.6 is 0 Å². The third-order valence-corrected chi connectivity index (χ3v) is 2.90. The molecular weight excluding hydrogens is 186 g/mol. The number of anilines is 1. The molecule has 2 nitrogen and oxygen atoms in total. The van der Waals surface area contributed by atoms with Gasteiger partial charge in [0.25, 0.3) is 0 Å². The van der Waals surface area contributed by atoms with Crippen LogP contribution in [0.4, 0.5) is 5.69 Å². The highest BCUT2D eigenvalue weighted by atomic mass is 16.2. The van der Waals surface area contributed by atoms with E-state index >= 15 is 0 Å². The summed E-state index contributed by atoms with van der Waals surface area (Å²) < 4.78 is 0. The molecule has 0 saturated carbocycles. The van der Waals surface area contributed by atoms with E-state index in [9.17, 15) is 4.79 Å². The van der Waals surface area contributed by atoms with Crippen molar-refractivity contribution in [1.82, 2.24) is 0 Å². The zero-order valence-corrected chi connectivity index (χ0v) is 9.72. The van der Waals surface area contributed by atoms with Gasteiger partial charge in [-0.05, 0) is 24.0 Å². The number of carbonyl (C=O) groups excluding carboxylic acids is 1. The average Bonchev–Trinajstić information content (AvgIpc) is 2.38. The summed E-state index contributed by atoms with van der Waals surface area (Å²) in [5, 5.41) is 2.94. The molecule has 2 rings (SSSR count). The molecule has 0 radical (unpaired) electrons. The molecule has 0 fully saturated rings. The first-order chi connectivity index (χ1) is 6.89. The summed E-state index contributed by atoms with van der Waals surface area (Å²) in [6.45, 7) is 8.38. The summed E-state index contributed by atoms with van der Waals surface area (Å²) in [5.41, 5.74) is 3.31. The van der Waals surface area contributed by atoms with Crippen LogP contribution in [0.3, 0.4) is 0 Å². The molecule has 1 atom stereocenters. The molecule has 15 heavy (non-hydrogen) atoms. The fourth-order valence-electron chi connectivity index (χ4n) is 2.24. The Morgan fingerprint density at radius 1 is 1.27 bits per heavy atom. The average molecular weight is 203 g/mol. The largest absolute Gasteiger partial charge is 0.325 e. The number of carbonyl (C=O) groups is 1. The van der Waals surface area contributed by atoms with E-state index < -0.39 is 0 Å². The molecule has 1 aliphatic heterocycles. The van der Waals surface area contributed by atoms with Gasteiger partial charge in [-0.3, -0.25) is 4.79 Å². The second-order valence-electron chi connectivity index (χ2n) is 5.38. The first-order valence-electron chi connectivity index (χ1n) is 5.31. The van der Waals surface area contributed by atoms with Crippen molar-refractivity contribution < 1.29 is 4.79 Å². The van der Waals surface area contributed by atoms with Crippen molar-refractivity contribution in [2.75, 3.05) is 5.32 Å². The minimum absolute atomic E-state index is 0.0209. The fourth-order valence-corrected chi connectivity index (χ4v) is 2.24. The number of aryl methyl sites for hydroxylation is 1. The highest BCUT2D eigenvalue weighted by molar-refractivity contribution is 6.03. The topological polar surface area (TPSA) is 29.1 Å². The maximum atomic E-state index is 11.9. The van der Waals surface area contributed by atoms with Gasteiger partial charge in [0.2, 0.25) is 5.91 Å². The van der Waals surface area contributed by atoms with E-state index in [0.717, 1.165) is 11.3 Å². The molecule has 0 spiro atoms. The Kier molecular flexibility index (Phi) is 2.10. The number of amides is 1. The molecule has 1 unspecified atom stereocenters. The highest BCUT2D eigenvalue weighted by Gasteiger charge is 2.38. The third-order valence-electron chi connectivity index (χ3n) is 2.90. The van der Waals surface area contributed by atoms with Crippen molar-refractivity contribution in [3.8, 4) is 0 Å². The van der Waals surface area contributed by atoms with Crippen molar-refractivity contribution in [2.24, 2.45) is 5.41 Å². The van der Waals surface area contributed by atoms with Gasteiger partial charge in [-0.1, -0.05) is 38.5 Å². The highest BCUT2D eigenvalue weighted by Crippen LogP contribution is 2.43. The van der Waals surface area contributed by atoms with Crippen LogP contribution in [0.15, 0.2) is 18.2 Å². The van der Waals surface area contributed by atoms with Crippen LogP contribution in [0.1, 0.15) is 37.8 Å². The van der Waals surface area contributed by atoms with Crippen LogP contribution in [-0.4, -0.2) is 5.91 Å². The van der Waals surface area contributed by atoms with Crippen LogP contribution in [0.5, 0.6) is 0 Å². The summed E-state index contributed by atoms with van der Waals surface area (Å²) in [4.78, 5) is 11.9. The molecule has 0 aliphatic carbocycles. The van der Waals surface area contributed by atoms with Crippen molar-refractivity contribution in [2.45, 2.75) is 33.6 Å². The van der Waals surface area contributed by atoms with E-state index in [0.29, 0.717) is 0 Å². The van der Waals surface area contributed by atoms with E-state index in [4.69, 9.17) is 0 Å². The smallest absolute Gasteiger partial charge is 0.232 e. The van der Waals surface area contributed by atoms with E-state index in [1.807, 2.05) is 12.1 Å². The van der Waals surface area contributed by atoms with E-state index in [2.05, 4.69) is 39.1 Å². The van der Waals surface area contributed by atoms with E-state index in [1.165, 1.54) is 5.56 Å². The SMILES string of the molecule is Cc1ccc2c(c1)C(C(C)(C)C)C(=O)N2. The molecule has 80 valence electrons. The first kappa shape index (κ1) is 10.2. The summed E-state index contributed by atoms with van der Waals surface area (Å²) in [7, 11) is 0. The molecule has 0 saturated heterocycles. The molecule has 1 amide bonds. The molecule has 1 N–H and O–H groups in total. The first-order valence-corrected chi connectivity index (χ1v) is 5.31. The Hall–Kier alpha value is -1.31. The van der Waals surface area contributed by atoms with E-state index in [-0.39, 0.29) is 17.2 Å². The summed E-state index contributed by atoms with van der Waals surface area (Å²) in [6, 6.07) is 6.14. The van der Waals surface area contributed by atoms with Gasteiger partial charge in [0.15, 0.2) is 0 Å². The minimum Gasteiger partial charge on any atom is -0.325 e. The van der Waals surface area contributed by atoms with Crippen LogP contribution in [0.2, 0.25) is 0 Å². The molecule has 1 aliphatic rings. The second-order valence-corrected chi connectivity index (χ2v) is 5.38. The lowest BCUT2D eigenvalue weighted by Crippen LogP contribution is -2.25. The molecule has 1 heterocycles. The van der Waals surface area contributed by atoms with Gasteiger partial charge >= 0.3 is 0 Å². The van der Waals surface area contributed by atoms with Crippen molar-refractivity contribution in [3.63, 3.8) is 0 Å². The van der Waals surface area contributed by atoms with Crippen molar-refractivity contribution in [1.29, 1.82) is 0 Å². The summed E-state index contributed by atoms with van der Waals surface area (Å²) in [6.07, 6.45) is 0. The summed E-state index contributed by atoms with van der Waals surface area (Å²) >= 11 is 0. The molecule has 0 bridgehead atoms. The van der Waals surface area contributed by atoms with Crippen molar-refractivity contribution in [3.05, 3.63) is 29.3 Å². The Morgan fingerprint density at radius 3 is 2.53 bits per heavy atom. The monoisotopic (exact) mass is 203 g/mol. The van der Waals surface area contributed by atoms with Crippen LogP contribution in [0, 0.1) is 12.3 Å². The predicted molar refractivity (Wildman–Crippen MR) is 62.0 cm³/mol. The lowest BCUT2D eigenvalue weighted by Gasteiger charge is -2.25. The minimum atomic E-state index is -0.0247. The quantitative estimate of drug-likeness (QED) is 0.689. The van der Waals surface area contributed by atoms with Gasteiger partial charge in [-0.25, -0.2) is 0 Å². The standard InChI is InChI=1S/C13H17NO/c1-8-5-6-10-9(7-8)11(12(15)14-10)13(2,3)4/h5-7,11H,1-4H3,(H,14,15). The lowest BCUT2D eigenvalue weighted by molar-refractivity contribution is -0.119. The number of hydrogen-bond acceptors (Lipinski definition) is 1. The number of nitrogens with one attached hydrogen (secondary N) is 1. The van der Waals surface area contributed by atoms with Gasteiger partial charge in [-0.2, -0.15) is 0 Å². The molecular formula is C13H17NO. The maximum absolute atomic E-state index is 11.9. The van der Waals surface area contributed by atoms with Crippen LogP contribution in [-0.2, 0) is 4.79 Å². The fraction of sp³-hybridized carbons (Fsp3) is 0.462. The van der Waals surface area contributed by atoms with Gasteiger partial charge in [0, 0.05) is 5.69 Å². The van der Waals surface area contributed by atoms with Crippen LogP contribution in [0.25, 0.3) is 0 Å². The Morgan fingerprint density at radius 2 is 1.93 bits per heavy atom.